The van der Waals surface area contributed by atoms with Gasteiger partial charge in [0, 0.05) is 12.0 Å². The van der Waals surface area contributed by atoms with Crippen LogP contribution >= 0.6 is 0 Å². The lowest BCUT2D eigenvalue weighted by Gasteiger charge is -2.21. The van der Waals surface area contributed by atoms with Gasteiger partial charge in [-0.2, -0.15) is 0 Å². The highest BCUT2D eigenvalue weighted by atomic mass is 16.5. The van der Waals surface area contributed by atoms with E-state index in [0.29, 0.717) is 17.2 Å². The number of methoxy groups -OCH3 is 2. The number of carbonyl (C=O) groups is 3. The fourth-order valence-electron chi connectivity index (χ4n) is 3.50. The quantitative estimate of drug-likeness (QED) is 0.431. The monoisotopic (exact) mass is 468 g/mol. The SMILES string of the molecule is COC(=O)NC(=Nc1cc(Oc2ccccc2)ccc1NC(=O)C1CCCCC1)NC(=O)OC. The number of nitrogens with zero attached hydrogens (tertiary/aromatic N) is 1. The van der Waals surface area contributed by atoms with Crippen LogP contribution in [0.1, 0.15) is 32.1 Å². The molecule has 0 saturated heterocycles. The number of ether oxygens (including phenoxy) is 3. The Bertz CT molecular complexity index is 1020. The molecule has 0 aliphatic heterocycles. The van der Waals surface area contributed by atoms with Crippen LogP contribution in [0.5, 0.6) is 11.5 Å². The Hall–Kier alpha value is -4.08. The average molecular weight is 469 g/mol. The van der Waals surface area contributed by atoms with E-state index in [-0.39, 0.29) is 23.5 Å². The molecule has 0 bridgehead atoms. The second-order valence-electron chi connectivity index (χ2n) is 7.61. The Kier molecular flexibility index (Phi) is 8.84. The molecule has 0 aromatic heterocycles. The van der Waals surface area contributed by atoms with Crippen LogP contribution in [0.15, 0.2) is 53.5 Å². The number of rotatable bonds is 5. The van der Waals surface area contributed by atoms with Gasteiger partial charge < -0.3 is 19.5 Å². The van der Waals surface area contributed by atoms with Gasteiger partial charge in [0.25, 0.3) is 0 Å². The van der Waals surface area contributed by atoms with Crippen molar-refractivity contribution in [1.29, 1.82) is 0 Å². The van der Waals surface area contributed by atoms with Crippen molar-refractivity contribution in [2.45, 2.75) is 32.1 Å². The van der Waals surface area contributed by atoms with Crippen LogP contribution in [-0.2, 0) is 14.3 Å². The Morgan fingerprint density at radius 1 is 0.853 bits per heavy atom. The first-order chi connectivity index (χ1) is 16.5. The summed E-state index contributed by atoms with van der Waals surface area (Å²) in [6.45, 7) is 0. The zero-order chi connectivity index (χ0) is 24.3. The van der Waals surface area contributed by atoms with Crippen molar-refractivity contribution in [3.63, 3.8) is 0 Å². The first kappa shape index (κ1) is 24.6. The number of nitrogens with one attached hydrogen (secondary N) is 3. The van der Waals surface area contributed by atoms with E-state index in [9.17, 15) is 14.4 Å². The Morgan fingerprint density at radius 3 is 2.12 bits per heavy atom. The summed E-state index contributed by atoms with van der Waals surface area (Å²) in [5.41, 5.74) is 0.646. The van der Waals surface area contributed by atoms with E-state index in [1.54, 1.807) is 30.3 Å². The van der Waals surface area contributed by atoms with E-state index in [2.05, 4.69) is 30.4 Å². The van der Waals surface area contributed by atoms with Crippen LogP contribution in [-0.4, -0.2) is 38.3 Å². The van der Waals surface area contributed by atoms with Crippen LogP contribution in [0.25, 0.3) is 0 Å². The van der Waals surface area contributed by atoms with Crippen LogP contribution in [0.2, 0.25) is 0 Å². The van der Waals surface area contributed by atoms with Gasteiger partial charge in [-0.05, 0) is 37.1 Å². The van der Waals surface area contributed by atoms with Crippen LogP contribution in [0.3, 0.4) is 0 Å². The van der Waals surface area contributed by atoms with Gasteiger partial charge in [0.1, 0.15) is 11.5 Å². The number of carbonyl (C=O) groups excluding carboxylic acids is 3. The fourth-order valence-corrected chi connectivity index (χ4v) is 3.50. The molecule has 180 valence electrons. The maximum absolute atomic E-state index is 12.9. The molecule has 3 N–H and O–H groups in total. The van der Waals surface area contributed by atoms with Crippen LogP contribution in [0.4, 0.5) is 21.0 Å². The minimum absolute atomic E-state index is 0.0771. The highest BCUT2D eigenvalue weighted by molar-refractivity contribution is 6.03. The van der Waals surface area contributed by atoms with E-state index < -0.39 is 12.2 Å². The van der Waals surface area contributed by atoms with Crippen molar-refractivity contribution in [2.75, 3.05) is 19.5 Å². The number of aliphatic imine (C=N–C) groups is 1. The molecule has 2 aromatic carbocycles. The van der Waals surface area contributed by atoms with Crippen molar-refractivity contribution < 1.29 is 28.6 Å². The molecule has 2 aromatic rings. The highest BCUT2D eigenvalue weighted by Crippen LogP contribution is 2.33. The first-order valence-electron chi connectivity index (χ1n) is 10.9. The molecule has 0 heterocycles. The normalized spacial score (nSPS) is 13.2. The molecule has 34 heavy (non-hydrogen) atoms. The Morgan fingerprint density at radius 2 is 1.50 bits per heavy atom. The summed E-state index contributed by atoms with van der Waals surface area (Å²) in [7, 11) is 2.35. The number of benzene rings is 2. The standard InChI is InChI=1S/C24H28N4O6/c1-32-23(30)27-22(28-24(31)33-2)26-20-15-18(34-17-11-7-4-8-12-17)13-14-19(20)25-21(29)16-9-5-3-6-10-16/h4,7-8,11-16H,3,5-6,9-10H2,1-2H3,(H,25,29)(H2,26,27,28,30,31). The second kappa shape index (κ2) is 12.2. The van der Waals surface area contributed by atoms with Gasteiger partial charge in [-0.3, -0.25) is 15.4 Å². The third-order valence-corrected chi connectivity index (χ3v) is 5.23. The maximum atomic E-state index is 12.9. The van der Waals surface area contributed by atoms with E-state index in [1.807, 2.05) is 18.2 Å². The molecule has 0 unspecified atom stereocenters. The first-order valence-corrected chi connectivity index (χ1v) is 10.9. The van der Waals surface area contributed by atoms with Crippen LogP contribution < -0.4 is 20.7 Å². The summed E-state index contributed by atoms with van der Waals surface area (Å²) >= 11 is 0. The maximum Gasteiger partial charge on any atom is 0.413 e. The summed E-state index contributed by atoms with van der Waals surface area (Å²) in [6.07, 6.45) is 3.13. The summed E-state index contributed by atoms with van der Waals surface area (Å²) in [4.78, 5) is 40.7. The van der Waals surface area contributed by atoms with E-state index in [4.69, 9.17) is 4.74 Å². The molecule has 3 rings (SSSR count). The minimum Gasteiger partial charge on any atom is -0.457 e. The van der Waals surface area contributed by atoms with Gasteiger partial charge in [-0.25, -0.2) is 14.6 Å². The molecule has 0 radical (unpaired) electrons. The molecule has 1 aliphatic carbocycles. The number of anilines is 1. The molecular weight excluding hydrogens is 440 g/mol. The molecule has 3 amide bonds. The summed E-state index contributed by atoms with van der Waals surface area (Å²) in [6, 6.07) is 14.1. The van der Waals surface area contributed by atoms with Gasteiger partial charge in [0.15, 0.2) is 0 Å². The van der Waals surface area contributed by atoms with Crippen molar-refractivity contribution in [2.24, 2.45) is 10.9 Å². The zero-order valence-electron chi connectivity index (χ0n) is 19.1. The van der Waals surface area contributed by atoms with E-state index in [0.717, 1.165) is 32.1 Å². The molecule has 0 spiro atoms. The minimum atomic E-state index is -0.848. The number of alkyl carbamates (subject to hydrolysis) is 2. The Labute approximate surface area is 197 Å². The predicted octanol–water partition coefficient (Wildman–Crippen LogP) is 4.70. The highest BCUT2D eigenvalue weighted by Gasteiger charge is 2.22. The lowest BCUT2D eigenvalue weighted by Crippen LogP contribution is -2.43. The average Bonchev–Trinajstić information content (AvgIpc) is 2.86. The van der Waals surface area contributed by atoms with E-state index in [1.165, 1.54) is 14.2 Å². The van der Waals surface area contributed by atoms with Gasteiger partial charge in [-0.1, -0.05) is 37.5 Å². The lowest BCUT2D eigenvalue weighted by atomic mass is 9.88. The second-order valence-corrected chi connectivity index (χ2v) is 7.61. The number of hydrogen-bond donors (Lipinski definition) is 3. The summed E-state index contributed by atoms with van der Waals surface area (Å²) in [5, 5.41) is 7.56. The molecule has 1 fully saturated rings. The van der Waals surface area contributed by atoms with Gasteiger partial charge in [0.05, 0.1) is 25.6 Å². The zero-order valence-corrected chi connectivity index (χ0v) is 19.1. The van der Waals surface area contributed by atoms with E-state index >= 15 is 0 Å². The lowest BCUT2D eigenvalue weighted by molar-refractivity contribution is -0.120. The smallest absolute Gasteiger partial charge is 0.413 e. The molecule has 1 aliphatic rings. The molecule has 10 heteroatoms. The summed E-state index contributed by atoms with van der Waals surface area (Å²) < 4.78 is 15.1. The number of para-hydroxylation sites is 1. The Balaban J connectivity index is 1.94. The molecule has 1 saturated carbocycles. The third-order valence-electron chi connectivity index (χ3n) is 5.23. The topological polar surface area (TPSA) is 127 Å². The van der Waals surface area contributed by atoms with Crippen molar-refractivity contribution in [1.82, 2.24) is 10.6 Å². The molecule has 0 atom stereocenters. The van der Waals surface area contributed by atoms with Crippen LogP contribution in [0, 0.1) is 5.92 Å². The third kappa shape index (κ3) is 7.22. The predicted molar refractivity (Wildman–Crippen MR) is 126 cm³/mol. The number of amides is 3. The van der Waals surface area contributed by atoms with Crippen molar-refractivity contribution in [3.05, 3.63) is 48.5 Å². The number of hydrogen-bond acceptors (Lipinski definition) is 7. The van der Waals surface area contributed by atoms with Gasteiger partial charge in [0.2, 0.25) is 11.9 Å². The summed E-state index contributed by atoms with van der Waals surface area (Å²) in [5.74, 6) is 0.625. The fraction of sp³-hybridized carbons (Fsp3) is 0.333. The van der Waals surface area contributed by atoms with Gasteiger partial charge in [-0.15, -0.1) is 0 Å². The van der Waals surface area contributed by atoms with Crippen molar-refractivity contribution >= 4 is 35.4 Å². The molecular formula is C24H28N4O6. The molecule has 10 nitrogen and oxygen atoms in total. The van der Waals surface area contributed by atoms with Gasteiger partial charge >= 0.3 is 12.2 Å². The van der Waals surface area contributed by atoms with Crippen molar-refractivity contribution in [3.8, 4) is 11.5 Å². The number of guanidine groups is 1. The largest absolute Gasteiger partial charge is 0.457 e.